The van der Waals surface area contributed by atoms with Crippen LogP contribution in [-0.2, 0) is 29.3 Å². The van der Waals surface area contributed by atoms with Gasteiger partial charge in [0, 0.05) is 12.1 Å². The van der Waals surface area contributed by atoms with Gasteiger partial charge in [0.25, 0.3) is 0 Å². The van der Waals surface area contributed by atoms with Crippen molar-refractivity contribution in [1.29, 1.82) is 0 Å². The molecule has 0 N–H and O–H groups in total. The number of hydrogen-bond donors (Lipinski definition) is 0. The molecular weight excluding hydrogens is 344 g/mol. The van der Waals surface area contributed by atoms with Crippen molar-refractivity contribution in [3.05, 3.63) is 105 Å². The largest absolute Gasteiger partial charge is 0.460 e. The van der Waals surface area contributed by atoms with E-state index in [4.69, 9.17) is 13.9 Å². The molecule has 0 radical (unpaired) electrons. The highest BCUT2D eigenvalue weighted by atomic mass is 16.5. The van der Waals surface area contributed by atoms with E-state index in [1.807, 2.05) is 37.3 Å². The molecule has 1 aromatic heterocycles. The third-order valence-corrected chi connectivity index (χ3v) is 3.86. The van der Waals surface area contributed by atoms with Gasteiger partial charge < -0.3 is 13.9 Å². The third-order valence-electron chi connectivity index (χ3n) is 3.86. The Labute approximate surface area is 157 Å². The number of carbonyl (C=O) groups is 1. The Hall–Kier alpha value is -3.18. The zero-order valence-corrected chi connectivity index (χ0v) is 15.0. The average Bonchev–Trinajstić information content (AvgIpc) is 2.68. The lowest BCUT2D eigenvalue weighted by Gasteiger charge is -2.07. The molecule has 0 spiro atoms. The molecule has 3 rings (SSSR count). The summed E-state index contributed by atoms with van der Waals surface area (Å²) >= 11 is 0. The van der Waals surface area contributed by atoms with Crippen molar-refractivity contribution in [2.24, 2.45) is 0 Å². The van der Waals surface area contributed by atoms with Crippen LogP contribution in [0.15, 0.2) is 75.9 Å². The second kappa shape index (κ2) is 8.96. The molecule has 27 heavy (non-hydrogen) atoms. The number of ether oxygens (including phenoxy) is 2. The molecule has 2 aromatic carbocycles. The van der Waals surface area contributed by atoms with Crippen LogP contribution < -0.4 is 5.43 Å². The van der Waals surface area contributed by atoms with Crippen molar-refractivity contribution >= 4 is 5.97 Å². The van der Waals surface area contributed by atoms with Gasteiger partial charge in [0.1, 0.15) is 24.7 Å². The van der Waals surface area contributed by atoms with Gasteiger partial charge in [-0.05, 0) is 24.6 Å². The van der Waals surface area contributed by atoms with Crippen molar-refractivity contribution in [3.63, 3.8) is 0 Å². The van der Waals surface area contributed by atoms with Gasteiger partial charge in [-0.15, -0.1) is 0 Å². The van der Waals surface area contributed by atoms with Crippen molar-refractivity contribution in [1.82, 2.24) is 0 Å². The first-order valence-electron chi connectivity index (χ1n) is 8.58. The topological polar surface area (TPSA) is 65.7 Å². The molecule has 3 aromatic rings. The molecule has 0 aliphatic heterocycles. The first kappa shape index (κ1) is 18.6. The number of hydrogen-bond acceptors (Lipinski definition) is 5. The molecule has 5 heteroatoms. The van der Waals surface area contributed by atoms with Crippen LogP contribution >= 0.6 is 0 Å². The highest BCUT2D eigenvalue weighted by molar-refractivity contribution is 5.89. The predicted octanol–water partition coefficient (Wildman–Crippen LogP) is 4.02. The van der Waals surface area contributed by atoms with E-state index < -0.39 is 5.97 Å². The minimum atomic E-state index is -0.473. The van der Waals surface area contributed by atoms with E-state index in [2.05, 4.69) is 0 Å². The van der Waals surface area contributed by atoms with Gasteiger partial charge in [-0.3, -0.25) is 4.79 Å². The quantitative estimate of drug-likeness (QED) is 0.593. The second-order valence-corrected chi connectivity index (χ2v) is 6.15. The molecule has 0 unspecified atom stereocenters. The molecule has 1 heterocycles. The van der Waals surface area contributed by atoms with Gasteiger partial charge in [0.15, 0.2) is 5.43 Å². The third kappa shape index (κ3) is 5.66. The number of aryl methyl sites for hydroxylation is 1. The summed E-state index contributed by atoms with van der Waals surface area (Å²) in [4.78, 5) is 23.8. The second-order valence-electron chi connectivity index (χ2n) is 6.15. The van der Waals surface area contributed by atoms with E-state index in [1.165, 1.54) is 17.7 Å². The van der Waals surface area contributed by atoms with Crippen LogP contribution in [-0.4, -0.2) is 5.97 Å². The van der Waals surface area contributed by atoms with Crippen LogP contribution in [0.4, 0.5) is 0 Å². The van der Waals surface area contributed by atoms with Crippen LogP contribution in [0.3, 0.4) is 0 Å². The number of rotatable bonds is 7. The Morgan fingerprint density at radius 2 is 1.56 bits per heavy atom. The van der Waals surface area contributed by atoms with E-state index in [-0.39, 0.29) is 24.4 Å². The van der Waals surface area contributed by atoms with Gasteiger partial charge in [-0.1, -0.05) is 48.0 Å². The summed E-state index contributed by atoms with van der Waals surface area (Å²) in [5.41, 5.74) is 2.44. The van der Waals surface area contributed by atoms with Crippen molar-refractivity contribution in [2.75, 3.05) is 0 Å². The molecule has 5 nitrogen and oxygen atoms in total. The number of esters is 1. The van der Waals surface area contributed by atoms with Gasteiger partial charge >= 0.3 is 5.97 Å². The summed E-state index contributed by atoms with van der Waals surface area (Å²) in [6.45, 7) is 2.48. The highest BCUT2D eigenvalue weighted by Crippen LogP contribution is 2.10. The molecule has 0 aliphatic rings. The highest BCUT2D eigenvalue weighted by Gasteiger charge is 2.09. The summed E-state index contributed by atoms with van der Waals surface area (Å²) < 4.78 is 16.4. The van der Waals surface area contributed by atoms with Crippen LogP contribution in [0.2, 0.25) is 0 Å². The van der Waals surface area contributed by atoms with Crippen molar-refractivity contribution in [2.45, 2.75) is 26.7 Å². The van der Waals surface area contributed by atoms with E-state index in [0.29, 0.717) is 17.9 Å². The zero-order valence-electron chi connectivity index (χ0n) is 15.0. The SMILES string of the molecule is Cc1ccc(COCc2cc(=O)cc(COC(=O)c3ccccc3)o2)cc1. The minimum absolute atomic E-state index is 0.116. The smallest absolute Gasteiger partial charge is 0.338 e. The molecule has 0 amide bonds. The minimum Gasteiger partial charge on any atom is -0.460 e. The van der Waals surface area contributed by atoms with E-state index in [9.17, 15) is 9.59 Å². The summed E-state index contributed by atoms with van der Waals surface area (Å²) in [6, 6.07) is 19.3. The van der Waals surface area contributed by atoms with Gasteiger partial charge in [0.2, 0.25) is 0 Å². The lowest BCUT2D eigenvalue weighted by Crippen LogP contribution is -2.09. The fraction of sp³-hybridized carbons (Fsp3) is 0.182. The first-order chi connectivity index (χ1) is 13.1. The molecule has 0 atom stereocenters. The Bertz CT molecular complexity index is 942. The van der Waals surface area contributed by atoms with Crippen LogP contribution in [0, 0.1) is 6.92 Å². The van der Waals surface area contributed by atoms with Gasteiger partial charge in [-0.25, -0.2) is 4.79 Å². The summed E-state index contributed by atoms with van der Waals surface area (Å²) in [6.07, 6.45) is 0. The molecule has 0 fully saturated rings. The maximum Gasteiger partial charge on any atom is 0.338 e. The van der Waals surface area contributed by atoms with E-state index in [1.54, 1.807) is 24.3 Å². The van der Waals surface area contributed by atoms with Crippen molar-refractivity contribution < 1.29 is 18.7 Å². The lowest BCUT2D eigenvalue weighted by molar-refractivity contribution is 0.0429. The molecule has 0 bridgehead atoms. The van der Waals surface area contributed by atoms with Gasteiger partial charge in [-0.2, -0.15) is 0 Å². The fourth-order valence-corrected chi connectivity index (χ4v) is 2.48. The Morgan fingerprint density at radius 1 is 0.889 bits per heavy atom. The van der Waals surface area contributed by atoms with E-state index >= 15 is 0 Å². The standard InChI is InChI=1S/C22H20O5/c1-16-7-9-17(10-8-16)13-25-14-20-11-19(23)12-21(27-20)15-26-22(24)18-5-3-2-4-6-18/h2-12H,13-15H2,1H3. The summed E-state index contributed by atoms with van der Waals surface area (Å²) in [5.74, 6) is 0.195. The normalized spacial score (nSPS) is 10.6. The van der Waals surface area contributed by atoms with Gasteiger partial charge in [0.05, 0.1) is 12.2 Å². The van der Waals surface area contributed by atoms with Crippen molar-refractivity contribution in [3.8, 4) is 0 Å². The fourth-order valence-electron chi connectivity index (χ4n) is 2.48. The Kier molecular flexibility index (Phi) is 6.18. The Morgan fingerprint density at radius 3 is 2.26 bits per heavy atom. The molecule has 0 aliphatic carbocycles. The monoisotopic (exact) mass is 364 g/mol. The van der Waals surface area contributed by atoms with Crippen LogP contribution in [0.5, 0.6) is 0 Å². The maximum absolute atomic E-state index is 12.0. The zero-order chi connectivity index (χ0) is 19.1. The molecule has 0 saturated heterocycles. The van der Waals surface area contributed by atoms with Crippen LogP contribution in [0.25, 0.3) is 0 Å². The average molecular weight is 364 g/mol. The number of carbonyl (C=O) groups excluding carboxylic acids is 1. The van der Waals surface area contributed by atoms with E-state index in [0.717, 1.165) is 5.56 Å². The predicted molar refractivity (Wildman–Crippen MR) is 100 cm³/mol. The lowest BCUT2D eigenvalue weighted by atomic mass is 10.2. The Balaban J connectivity index is 1.56. The first-order valence-corrected chi connectivity index (χ1v) is 8.58. The van der Waals surface area contributed by atoms with Crippen LogP contribution in [0.1, 0.15) is 33.0 Å². The molecular formula is C22H20O5. The summed E-state index contributed by atoms with van der Waals surface area (Å²) in [7, 11) is 0. The summed E-state index contributed by atoms with van der Waals surface area (Å²) in [5, 5.41) is 0. The maximum atomic E-state index is 12.0. The molecule has 0 saturated carbocycles. The number of benzene rings is 2. The molecule has 138 valence electrons.